The van der Waals surface area contributed by atoms with E-state index >= 15 is 0 Å². The lowest BCUT2D eigenvalue weighted by Gasteiger charge is -2.30. The molecule has 0 atom stereocenters. The molecule has 36 heavy (non-hydrogen) atoms. The Morgan fingerprint density at radius 1 is 1.14 bits per heavy atom. The van der Waals surface area contributed by atoms with E-state index in [1.165, 1.54) is 0 Å². The first kappa shape index (κ1) is 24.1. The molecule has 4 aromatic rings. The third-order valence-corrected chi connectivity index (χ3v) is 6.65. The van der Waals surface area contributed by atoms with Crippen LogP contribution >= 0.6 is 11.6 Å². The number of nitrogens with one attached hydrogen (secondary N) is 3. The number of anilines is 1. The molecule has 2 aromatic heterocycles. The van der Waals surface area contributed by atoms with Crippen molar-refractivity contribution in [2.75, 3.05) is 32.1 Å². The summed E-state index contributed by atoms with van der Waals surface area (Å²) >= 11 is 6.51. The van der Waals surface area contributed by atoms with Crippen LogP contribution in [0.2, 0.25) is 5.02 Å². The minimum Gasteiger partial charge on any atom is -0.484 e. The Balaban J connectivity index is 1.22. The Morgan fingerprint density at radius 3 is 2.64 bits per heavy atom. The van der Waals surface area contributed by atoms with E-state index in [1.807, 2.05) is 54.6 Å². The number of carbonyl (C=O) groups is 1. The van der Waals surface area contributed by atoms with E-state index in [0.717, 1.165) is 48.3 Å². The summed E-state index contributed by atoms with van der Waals surface area (Å²) in [5, 5.41) is 7.02. The molecule has 0 aliphatic carbocycles. The molecule has 3 N–H and O–H groups in total. The van der Waals surface area contributed by atoms with Crippen molar-refractivity contribution in [2.24, 2.45) is 0 Å². The standard InChI is InChI=1S/C27H29ClN6O2/c1-34-13-11-20(12-14-34)31-24-22(28)16-30-27-25(24)32-26(33-27)19-7-9-21(10-8-19)36-17-23(35)29-15-18-5-3-2-4-6-18/h2-10,16,20H,11-15,17H2,1H3,(H,29,35)(H2,30,31,32,33). The average Bonchev–Trinajstić information content (AvgIpc) is 3.35. The highest BCUT2D eigenvalue weighted by Gasteiger charge is 2.20. The maximum atomic E-state index is 12.1. The van der Waals surface area contributed by atoms with E-state index in [-0.39, 0.29) is 12.5 Å². The molecule has 9 heteroatoms. The van der Waals surface area contributed by atoms with Crippen LogP contribution < -0.4 is 15.4 Å². The van der Waals surface area contributed by atoms with Crippen molar-refractivity contribution in [1.29, 1.82) is 0 Å². The first-order valence-electron chi connectivity index (χ1n) is 12.1. The van der Waals surface area contributed by atoms with Gasteiger partial charge in [-0.05, 0) is 62.8 Å². The van der Waals surface area contributed by atoms with Crippen LogP contribution in [0.15, 0.2) is 60.8 Å². The number of ether oxygens (including phenoxy) is 1. The number of aromatic amines is 1. The largest absolute Gasteiger partial charge is 0.484 e. The van der Waals surface area contributed by atoms with Gasteiger partial charge in [0.15, 0.2) is 12.3 Å². The van der Waals surface area contributed by atoms with E-state index in [9.17, 15) is 4.79 Å². The van der Waals surface area contributed by atoms with Crippen molar-refractivity contribution < 1.29 is 9.53 Å². The molecule has 0 bridgehead atoms. The van der Waals surface area contributed by atoms with Crippen LogP contribution in [0, 0.1) is 0 Å². The zero-order valence-electron chi connectivity index (χ0n) is 20.1. The highest BCUT2D eigenvalue weighted by molar-refractivity contribution is 6.34. The fraction of sp³-hybridized carbons (Fsp3) is 0.296. The predicted molar refractivity (Wildman–Crippen MR) is 142 cm³/mol. The number of rotatable bonds is 8. The number of nitrogens with zero attached hydrogens (tertiary/aromatic N) is 3. The van der Waals surface area contributed by atoms with Crippen LogP contribution in [0.4, 0.5) is 5.69 Å². The van der Waals surface area contributed by atoms with Gasteiger partial charge in [-0.2, -0.15) is 0 Å². The second kappa shape index (κ2) is 11.0. The van der Waals surface area contributed by atoms with Crippen LogP contribution in [0.25, 0.3) is 22.6 Å². The van der Waals surface area contributed by atoms with Crippen molar-refractivity contribution in [1.82, 2.24) is 25.2 Å². The Morgan fingerprint density at radius 2 is 1.89 bits per heavy atom. The number of fused-ring (bicyclic) bond motifs is 1. The number of hydrogen-bond acceptors (Lipinski definition) is 6. The van der Waals surface area contributed by atoms with Crippen LogP contribution in [-0.2, 0) is 11.3 Å². The smallest absolute Gasteiger partial charge is 0.258 e. The number of hydrogen-bond donors (Lipinski definition) is 3. The minimum atomic E-state index is -0.173. The zero-order valence-corrected chi connectivity index (χ0v) is 20.9. The number of amides is 1. The normalized spacial score (nSPS) is 14.6. The molecule has 0 radical (unpaired) electrons. The Bertz CT molecular complexity index is 1320. The number of benzene rings is 2. The third-order valence-electron chi connectivity index (χ3n) is 6.36. The molecule has 8 nitrogen and oxygen atoms in total. The number of H-pyrrole nitrogens is 1. The van der Waals surface area contributed by atoms with Crippen LogP contribution in [-0.4, -0.2) is 58.5 Å². The van der Waals surface area contributed by atoms with Gasteiger partial charge in [0, 0.05) is 18.2 Å². The summed E-state index contributed by atoms with van der Waals surface area (Å²) < 4.78 is 5.65. The highest BCUT2D eigenvalue weighted by atomic mass is 35.5. The second-order valence-electron chi connectivity index (χ2n) is 9.06. The quantitative estimate of drug-likeness (QED) is 0.327. The molecular weight excluding hydrogens is 476 g/mol. The van der Waals surface area contributed by atoms with Gasteiger partial charge >= 0.3 is 0 Å². The fourth-order valence-electron chi connectivity index (χ4n) is 4.27. The zero-order chi connectivity index (χ0) is 24.9. The van der Waals surface area contributed by atoms with E-state index in [4.69, 9.17) is 21.3 Å². The van der Waals surface area contributed by atoms with Crippen molar-refractivity contribution in [2.45, 2.75) is 25.4 Å². The van der Waals surface area contributed by atoms with Crippen molar-refractivity contribution in [3.05, 3.63) is 71.4 Å². The second-order valence-corrected chi connectivity index (χ2v) is 9.47. The molecule has 5 rings (SSSR count). The molecule has 2 aromatic carbocycles. The van der Waals surface area contributed by atoms with Gasteiger partial charge in [-0.3, -0.25) is 4.79 Å². The summed E-state index contributed by atoms with van der Waals surface area (Å²) in [6.45, 7) is 2.53. The average molecular weight is 505 g/mol. The van der Waals surface area contributed by atoms with Gasteiger partial charge in [-0.25, -0.2) is 9.97 Å². The van der Waals surface area contributed by atoms with Gasteiger partial charge in [0.05, 0.1) is 16.9 Å². The van der Waals surface area contributed by atoms with Gasteiger partial charge in [0.25, 0.3) is 5.91 Å². The maximum absolute atomic E-state index is 12.1. The number of piperidine rings is 1. The molecule has 0 unspecified atom stereocenters. The molecule has 0 spiro atoms. The Kier molecular flexibility index (Phi) is 7.34. The third kappa shape index (κ3) is 5.78. The lowest BCUT2D eigenvalue weighted by molar-refractivity contribution is -0.123. The summed E-state index contributed by atoms with van der Waals surface area (Å²) in [6.07, 6.45) is 3.77. The molecule has 186 valence electrons. The number of pyridine rings is 1. The van der Waals surface area contributed by atoms with Crippen LogP contribution in [0.3, 0.4) is 0 Å². The van der Waals surface area contributed by atoms with Gasteiger partial charge in [-0.1, -0.05) is 41.9 Å². The van der Waals surface area contributed by atoms with Crippen molar-refractivity contribution in [3.8, 4) is 17.1 Å². The lowest BCUT2D eigenvalue weighted by Crippen LogP contribution is -2.36. The van der Waals surface area contributed by atoms with Crippen LogP contribution in [0.1, 0.15) is 18.4 Å². The van der Waals surface area contributed by atoms with Crippen molar-refractivity contribution in [3.63, 3.8) is 0 Å². The molecule has 1 aliphatic rings. The Hall–Kier alpha value is -3.62. The number of likely N-dealkylation sites (tertiary alicyclic amines) is 1. The molecular formula is C27H29ClN6O2. The number of carbonyl (C=O) groups excluding carboxylic acids is 1. The lowest BCUT2D eigenvalue weighted by atomic mass is 10.1. The summed E-state index contributed by atoms with van der Waals surface area (Å²) in [4.78, 5) is 27.0. The van der Waals surface area contributed by atoms with Crippen molar-refractivity contribution >= 4 is 34.4 Å². The van der Waals surface area contributed by atoms with Crippen LogP contribution in [0.5, 0.6) is 5.75 Å². The number of halogens is 1. The minimum absolute atomic E-state index is 0.0504. The van der Waals surface area contributed by atoms with E-state index in [2.05, 4.69) is 32.5 Å². The van der Waals surface area contributed by atoms with Gasteiger partial charge in [0.2, 0.25) is 0 Å². The monoisotopic (exact) mass is 504 g/mol. The summed E-state index contributed by atoms with van der Waals surface area (Å²) in [5.41, 5.74) is 4.16. The summed E-state index contributed by atoms with van der Waals surface area (Å²) in [5.74, 6) is 1.13. The highest BCUT2D eigenvalue weighted by Crippen LogP contribution is 2.32. The first-order valence-corrected chi connectivity index (χ1v) is 12.5. The molecule has 3 heterocycles. The Labute approximate surface area is 215 Å². The topological polar surface area (TPSA) is 95.2 Å². The molecule has 0 saturated carbocycles. The molecule has 1 aliphatic heterocycles. The number of aromatic nitrogens is 3. The van der Waals surface area contributed by atoms with Gasteiger partial charge in [0.1, 0.15) is 17.1 Å². The maximum Gasteiger partial charge on any atom is 0.258 e. The fourth-order valence-corrected chi connectivity index (χ4v) is 4.46. The van der Waals surface area contributed by atoms with E-state index in [0.29, 0.717) is 34.8 Å². The summed E-state index contributed by atoms with van der Waals surface area (Å²) in [7, 11) is 2.14. The molecule has 1 amide bonds. The van der Waals surface area contributed by atoms with E-state index in [1.54, 1.807) is 6.20 Å². The van der Waals surface area contributed by atoms with E-state index < -0.39 is 0 Å². The number of imidazole rings is 1. The SMILES string of the molecule is CN1CCC(Nc2c(Cl)cnc3[nH]c(-c4ccc(OCC(=O)NCc5ccccc5)cc4)nc23)CC1. The van der Waals surface area contributed by atoms with Gasteiger partial charge in [-0.15, -0.1) is 0 Å². The van der Waals surface area contributed by atoms with Gasteiger partial charge < -0.3 is 25.3 Å². The predicted octanol–water partition coefficient (Wildman–Crippen LogP) is 4.48. The molecule has 1 fully saturated rings. The summed E-state index contributed by atoms with van der Waals surface area (Å²) in [6, 6.07) is 17.6. The molecule has 1 saturated heterocycles. The first-order chi connectivity index (χ1) is 17.5.